The van der Waals surface area contributed by atoms with Gasteiger partial charge in [-0.2, -0.15) is 4.98 Å². The highest BCUT2D eigenvalue weighted by Gasteiger charge is 2.14. The molecule has 0 saturated carbocycles. The lowest BCUT2D eigenvalue weighted by molar-refractivity contribution is 0.782. The molecule has 0 aromatic carbocycles. The summed E-state index contributed by atoms with van der Waals surface area (Å²) in [7, 11) is 0. The molecule has 2 rings (SSSR count). The van der Waals surface area contributed by atoms with E-state index in [1.165, 1.54) is 4.88 Å². The van der Waals surface area contributed by atoms with Crippen molar-refractivity contribution in [1.82, 2.24) is 9.97 Å². The lowest BCUT2D eigenvalue weighted by Crippen LogP contribution is -2.25. The van der Waals surface area contributed by atoms with Gasteiger partial charge in [-0.25, -0.2) is 4.98 Å². The molecule has 2 aromatic heterocycles. The number of hydrogen-bond acceptors (Lipinski definition) is 5. The number of thiophene rings is 1. The Labute approximate surface area is 112 Å². The maximum absolute atomic E-state index is 5.82. The second kappa shape index (κ2) is 5.52. The van der Waals surface area contributed by atoms with Crippen LogP contribution in [-0.4, -0.2) is 23.1 Å². The lowest BCUT2D eigenvalue weighted by atomic mass is 10.3. The van der Waals surface area contributed by atoms with Crippen molar-refractivity contribution in [2.24, 2.45) is 0 Å². The van der Waals surface area contributed by atoms with Crippen LogP contribution in [0.2, 0.25) is 0 Å². The number of hydrogen-bond donors (Lipinski definition) is 1. The van der Waals surface area contributed by atoms with Crippen molar-refractivity contribution in [3.63, 3.8) is 0 Å². The number of aryl methyl sites for hydroxylation is 1. The molecule has 0 unspecified atom stereocenters. The number of fused-ring (bicyclic) bond motifs is 1. The highest BCUT2D eigenvalue weighted by Crippen LogP contribution is 2.31. The fourth-order valence-electron chi connectivity index (χ4n) is 2.07. The van der Waals surface area contributed by atoms with Crippen LogP contribution in [-0.2, 0) is 6.42 Å². The Balaban J connectivity index is 2.56. The zero-order valence-electron chi connectivity index (χ0n) is 11.2. The van der Waals surface area contributed by atoms with Gasteiger partial charge in [-0.05, 0) is 25.8 Å². The quantitative estimate of drug-likeness (QED) is 0.901. The van der Waals surface area contributed by atoms with E-state index in [0.717, 1.165) is 42.0 Å². The first-order valence-electron chi connectivity index (χ1n) is 6.50. The zero-order chi connectivity index (χ0) is 13.1. The number of rotatable bonds is 5. The third-order valence-electron chi connectivity index (χ3n) is 2.96. The molecule has 0 radical (unpaired) electrons. The van der Waals surface area contributed by atoms with E-state index in [1.807, 2.05) is 0 Å². The smallest absolute Gasteiger partial charge is 0.223 e. The number of nitrogens with zero attached hydrogens (tertiary/aromatic N) is 3. The van der Waals surface area contributed by atoms with Gasteiger partial charge in [0.25, 0.3) is 0 Å². The van der Waals surface area contributed by atoms with Crippen molar-refractivity contribution in [2.45, 2.75) is 33.6 Å². The molecule has 0 spiro atoms. The molecule has 0 bridgehead atoms. The third kappa shape index (κ3) is 2.41. The standard InChI is InChI=1S/C13H20N4S/c1-4-7-17(6-3)11-10-8-9(5-2)18-12(10)16-13(14)15-11/h8H,4-7H2,1-3H3,(H2,14,15,16). The molecule has 0 atom stereocenters. The average molecular weight is 264 g/mol. The molecule has 5 heteroatoms. The maximum Gasteiger partial charge on any atom is 0.223 e. The molecule has 0 fully saturated rings. The minimum absolute atomic E-state index is 0.372. The number of nitrogens with two attached hydrogens (primary N) is 1. The Morgan fingerprint density at radius 2 is 2.06 bits per heavy atom. The Morgan fingerprint density at radius 1 is 1.28 bits per heavy atom. The van der Waals surface area contributed by atoms with Crippen molar-refractivity contribution in [3.8, 4) is 0 Å². The first-order chi connectivity index (χ1) is 8.69. The molecular weight excluding hydrogens is 244 g/mol. The van der Waals surface area contributed by atoms with Crippen LogP contribution in [0.4, 0.5) is 11.8 Å². The minimum Gasteiger partial charge on any atom is -0.368 e. The number of nitrogen functional groups attached to an aromatic ring is 1. The van der Waals surface area contributed by atoms with Gasteiger partial charge >= 0.3 is 0 Å². The van der Waals surface area contributed by atoms with Gasteiger partial charge in [-0.15, -0.1) is 11.3 Å². The highest BCUT2D eigenvalue weighted by molar-refractivity contribution is 7.18. The Kier molecular flexibility index (Phi) is 4.01. The third-order valence-corrected chi connectivity index (χ3v) is 4.14. The average Bonchev–Trinajstić information content (AvgIpc) is 2.77. The van der Waals surface area contributed by atoms with E-state index < -0.39 is 0 Å². The summed E-state index contributed by atoms with van der Waals surface area (Å²) in [6.45, 7) is 8.42. The van der Waals surface area contributed by atoms with Gasteiger partial charge in [0.1, 0.15) is 10.6 Å². The van der Waals surface area contributed by atoms with Crippen LogP contribution in [0.25, 0.3) is 10.2 Å². The molecule has 2 aromatic rings. The van der Waals surface area contributed by atoms with Gasteiger partial charge in [0.15, 0.2) is 0 Å². The van der Waals surface area contributed by atoms with Crippen molar-refractivity contribution in [1.29, 1.82) is 0 Å². The summed E-state index contributed by atoms with van der Waals surface area (Å²) in [5.41, 5.74) is 5.82. The molecule has 0 aliphatic heterocycles. The van der Waals surface area contributed by atoms with Gasteiger partial charge in [0.2, 0.25) is 5.95 Å². The van der Waals surface area contributed by atoms with Crippen molar-refractivity contribution in [3.05, 3.63) is 10.9 Å². The van der Waals surface area contributed by atoms with E-state index in [-0.39, 0.29) is 0 Å². The van der Waals surface area contributed by atoms with Crippen LogP contribution in [0.1, 0.15) is 32.1 Å². The van der Waals surface area contributed by atoms with Gasteiger partial charge in [0.05, 0.1) is 5.39 Å². The van der Waals surface area contributed by atoms with E-state index >= 15 is 0 Å². The van der Waals surface area contributed by atoms with E-state index in [4.69, 9.17) is 5.73 Å². The predicted octanol–water partition coefficient (Wildman–Crippen LogP) is 3.07. The molecule has 0 aliphatic carbocycles. The van der Waals surface area contributed by atoms with Gasteiger partial charge in [-0.1, -0.05) is 13.8 Å². The summed E-state index contributed by atoms with van der Waals surface area (Å²) in [5, 5.41) is 1.14. The van der Waals surface area contributed by atoms with E-state index in [0.29, 0.717) is 5.95 Å². The van der Waals surface area contributed by atoms with E-state index in [9.17, 15) is 0 Å². The SMILES string of the molecule is CCCN(CC)c1nc(N)nc2sc(CC)cc12. The Morgan fingerprint density at radius 3 is 2.67 bits per heavy atom. The highest BCUT2D eigenvalue weighted by atomic mass is 32.1. The van der Waals surface area contributed by atoms with Crippen molar-refractivity contribution in [2.75, 3.05) is 23.7 Å². The van der Waals surface area contributed by atoms with Crippen LogP contribution in [0.15, 0.2) is 6.07 Å². The second-order valence-electron chi connectivity index (χ2n) is 4.27. The Bertz CT molecular complexity index is 535. The molecule has 4 nitrogen and oxygen atoms in total. The van der Waals surface area contributed by atoms with Crippen LogP contribution >= 0.6 is 11.3 Å². The van der Waals surface area contributed by atoms with Gasteiger partial charge < -0.3 is 10.6 Å². The monoisotopic (exact) mass is 264 g/mol. The molecule has 2 heterocycles. The summed E-state index contributed by atoms with van der Waals surface area (Å²) in [6.07, 6.45) is 2.13. The summed E-state index contributed by atoms with van der Waals surface area (Å²) in [5.74, 6) is 1.36. The summed E-state index contributed by atoms with van der Waals surface area (Å²) < 4.78 is 0. The summed E-state index contributed by atoms with van der Waals surface area (Å²) in [6, 6.07) is 2.20. The first-order valence-corrected chi connectivity index (χ1v) is 7.32. The van der Waals surface area contributed by atoms with Crippen molar-refractivity contribution >= 4 is 33.3 Å². The van der Waals surface area contributed by atoms with Crippen LogP contribution in [0.3, 0.4) is 0 Å². The van der Waals surface area contributed by atoms with Crippen LogP contribution in [0.5, 0.6) is 0 Å². The van der Waals surface area contributed by atoms with Crippen LogP contribution in [0, 0.1) is 0 Å². The number of anilines is 2. The lowest BCUT2D eigenvalue weighted by Gasteiger charge is -2.21. The fourth-order valence-corrected chi connectivity index (χ4v) is 3.04. The summed E-state index contributed by atoms with van der Waals surface area (Å²) in [4.78, 5) is 13.4. The largest absolute Gasteiger partial charge is 0.368 e. The zero-order valence-corrected chi connectivity index (χ0v) is 12.0. The molecule has 0 saturated heterocycles. The maximum atomic E-state index is 5.82. The van der Waals surface area contributed by atoms with E-state index in [2.05, 4.69) is 41.7 Å². The normalized spacial score (nSPS) is 11.1. The first kappa shape index (κ1) is 13.1. The van der Waals surface area contributed by atoms with Crippen LogP contribution < -0.4 is 10.6 Å². The second-order valence-corrected chi connectivity index (χ2v) is 5.39. The topological polar surface area (TPSA) is 55.0 Å². The molecule has 0 aliphatic rings. The molecule has 0 amide bonds. The van der Waals surface area contributed by atoms with Crippen molar-refractivity contribution < 1.29 is 0 Å². The summed E-state index contributed by atoms with van der Waals surface area (Å²) >= 11 is 1.71. The van der Waals surface area contributed by atoms with Gasteiger partial charge in [-0.3, -0.25) is 0 Å². The fraction of sp³-hybridized carbons (Fsp3) is 0.538. The molecular formula is C13H20N4S. The predicted molar refractivity (Wildman–Crippen MR) is 79.4 cm³/mol. The molecule has 2 N–H and O–H groups in total. The Hall–Kier alpha value is -1.36. The minimum atomic E-state index is 0.372. The van der Waals surface area contributed by atoms with Gasteiger partial charge in [0, 0.05) is 18.0 Å². The molecule has 98 valence electrons. The van der Waals surface area contributed by atoms with E-state index in [1.54, 1.807) is 11.3 Å². The number of aromatic nitrogens is 2. The molecule has 18 heavy (non-hydrogen) atoms.